The number of carbonyl (C=O) groups is 2. The van der Waals surface area contributed by atoms with Crippen LogP contribution >= 0.6 is 0 Å². The van der Waals surface area contributed by atoms with E-state index in [1.807, 2.05) is 0 Å². The SMILES string of the molecule is O=C(O)C1=CCC(C(=O)O)=CC1. The zero-order valence-electron chi connectivity index (χ0n) is 6.28. The van der Waals surface area contributed by atoms with Crippen LogP contribution in [0.1, 0.15) is 12.8 Å². The Morgan fingerprint density at radius 2 is 1.33 bits per heavy atom. The van der Waals surface area contributed by atoms with E-state index in [2.05, 4.69) is 0 Å². The maximum Gasteiger partial charge on any atom is 0.331 e. The summed E-state index contributed by atoms with van der Waals surface area (Å²) in [6, 6.07) is 0. The van der Waals surface area contributed by atoms with Crippen molar-refractivity contribution < 1.29 is 19.8 Å². The summed E-state index contributed by atoms with van der Waals surface area (Å²) in [5.74, 6) is -1.95. The molecule has 0 aliphatic heterocycles. The van der Waals surface area contributed by atoms with Gasteiger partial charge in [-0.1, -0.05) is 12.2 Å². The van der Waals surface area contributed by atoms with Gasteiger partial charge in [0.2, 0.25) is 0 Å². The van der Waals surface area contributed by atoms with E-state index < -0.39 is 11.9 Å². The molecular formula is C8H8O4. The van der Waals surface area contributed by atoms with E-state index >= 15 is 0 Å². The monoisotopic (exact) mass is 168 g/mol. The number of allylic oxidation sites excluding steroid dienone is 2. The summed E-state index contributed by atoms with van der Waals surface area (Å²) in [5, 5.41) is 17.0. The topological polar surface area (TPSA) is 74.6 Å². The van der Waals surface area contributed by atoms with Gasteiger partial charge in [-0.15, -0.1) is 0 Å². The van der Waals surface area contributed by atoms with Gasteiger partial charge < -0.3 is 10.2 Å². The van der Waals surface area contributed by atoms with Gasteiger partial charge in [0.05, 0.1) is 0 Å². The molecule has 0 saturated heterocycles. The highest BCUT2D eigenvalue weighted by Gasteiger charge is 2.14. The normalized spacial score (nSPS) is 16.3. The minimum atomic E-state index is -0.976. The molecular weight excluding hydrogens is 160 g/mol. The lowest BCUT2D eigenvalue weighted by Gasteiger charge is -2.06. The third kappa shape index (κ3) is 1.72. The summed E-state index contributed by atoms with van der Waals surface area (Å²) in [7, 11) is 0. The van der Waals surface area contributed by atoms with Gasteiger partial charge in [0.15, 0.2) is 0 Å². The van der Waals surface area contributed by atoms with Crippen molar-refractivity contribution in [3.63, 3.8) is 0 Å². The summed E-state index contributed by atoms with van der Waals surface area (Å²) in [6.07, 6.45) is 3.28. The molecule has 12 heavy (non-hydrogen) atoms. The van der Waals surface area contributed by atoms with Gasteiger partial charge in [-0.25, -0.2) is 9.59 Å². The highest BCUT2D eigenvalue weighted by molar-refractivity contribution is 5.91. The van der Waals surface area contributed by atoms with Crippen molar-refractivity contribution in [3.05, 3.63) is 23.3 Å². The van der Waals surface area contributed by atoms with Gasteiger partial charge in [-0.2, -0.15) is 0 Å². The van der Waals surface area contributed by atoms with Gasteiger partial charge in [0.25, 0.3) is 0 Å². The fourth-order valence-electron chi connectivity index (χ4n) is 0.982. The minimum Gasteiger partial charge on any atom is -0.478 e. The lowest BCUT2D eigenvalue weighted by molar-refractivity contribution is -0.134. The number of hydrogen-bond donors (Lipinski definition) is 2. The standard InChI is InChI=1S/C8H8O4/c9-7(10)5-1-2-6(4-3-5)8(11)12/h1,4H,2-3H2,(H,9,10)(H,11,12). The molecule has 4 heteroatoms. The van der Waals surface area contributed by atoms with E-state index in [0.717, 1.165) is 0 Å². The fraction of sp³-hybridized carbons (Fsp3) is 0.250. The summed E-state index contributed by atoms with van der Waals surface area (Å²) in [5.41, 5.74) is 0.528. The molecule has 2 N–H and O–H groups in total. The molecule has 0 radical (unpaired) electrons. The van der Waals surface area contributed by atoms with Crippen LogP contribution in [0.15, 0.2) is 23.3 Å². The Kier molecular flexibility index (Phi) is 2.28. The average molecular weight is 168 g/mol. The Morgan fingerprint density at radius 1 is 1.00 bits per heavy atom. The van der Waals surface area contributed by atoms with E-state index in [1.54, 1.807) is 0 Å². The molecule has 0 fully saturated rings. The second kappa shape index (κ2) is 3.21. The fourth-order valence-corrected chi connectivity index (χ4v) is 0.982. The average Bonchev–Trinajstić information content (AvgIpc) is 2.04. The predicted molar refractivity (Wildman–Crippen MR) is 40.7 cm³/mol. The van der Waals surface area contributed by atoms with Gasteiger partial charge in [0.1, 0.15) is 0 Å². The lowest BCUT2D eigenvalue weighted by Crippen LogP contribution is -2.07. The number of rotatable bonds is 2. The summed E-state index contributed by atoms with van der Waals surface area (Å²) >= 11 is 0. The first-order valence-corrected chi connectivity index (χ1v) is 3.46. The molecule has 1 aliphatic rings. The van der Waals surface area contributed by atoms with Crippen molar-refractivity contribution in [1.29, 1.82) is 0 Å². The zero-order valence-corrected chi connectivity index (χ0v) is 6.28. The Balaban J connectivity index is 2.66. The molecule has 0 unspecified atom stereocenters. The Hall–Kier alpha value is -1.58. The maximum atomic E-state index is 10.4. The second-order valence-electron chi connectivity index (χ2n) is 2.48. The zero-order chi connectivity index (χ0) is 9.14. The molecule has 64 valence electrons. The molecule has 0 aromatic carbocycles. The van der Waals surface area contributed by atoms with Crippen molar-refractivity contribution in [1.82, 2.24) is 0 Å². The number of hydrogen-bond acceptors (Lipinski definition) is 2. The van der Waals surface area contributed by atoms with Crippen molar-refractivity contribution in [2.75, 3.05) is 0 Å². The maximum absolute atomic E-state index is 10.4. The van der Waals surface area contributed by atoms with Crippen LogP contribution in [0.3, 0.4) is 0 Å². The highest BCUT2D eigenvalue weighted by Crippen LogP contribution is 2.17. The molecule has 1 rings (SSSR count). The summed E-state index contributed by atoms with van der Waals surface area (Å²) in [6.45, 7) is 0. The van der Waals surface area contributed by atoms with Gasteiger partial charge in [0, 0.05) is 11.1 Å². The first-order chi connectivity index (χ1) is 5.61. The summed E-state index contributed by atoms with van der Waals surface area (Å²) in [4.78, 5) is 20.8. The Morgan fingerprint density at radius 3 is 1.50 bits per heavy atom. The molecule has 0 spiro atoms. The number of aliphatic carboxylic acids is 2. The van der Waals surface area contributed by atoms with Crippen LogP contribution in [-0.2, 0) is 9.59 Å². The molecule has 4 nitrogen and oxygen atoms in total. The van der Waals surface area contributed by atoms with Crippen LogP contribution in [0.5, 0.6) is 0 Å². The molecule has 0 aromatic heterocycles. The molecule has 0 amide bonds. The molecule has 0 bridgehead atoms. The predicted octanol–water partition coefficient (Wildman–Crippen LogP) is 0.802. The first kappa shape index (κ1) is 8.52. The van der Waals surface area contributed by atoms with Gasteiger partial charge in [-0.05, 0) is 12.8 Å². The molecule has 1 aliphatic carbocycles. The number of carboxylic acids is 2. The number of carboxylic acid groups (broad SMARTS) is 2. The van der Waals surface area contributed by atoms with E-state index in [1.165, 1.54) is 12.2 Å². The van der Waals surface area contributed by atoms with Gasteiger partial charge >= 0.3 is 11.9 Å². The van der Waals surface area contributed by atoms with Crippen molar-refractivity contribution >= 4 is 11.9 Å². The second-order valence-corrected chi connectivity index (χ2v) is 2.48. The Labute approximate surface area is 68.8 Å². The van der Waals surface area contributed by atoms with Crippen molar-refractivity contribution in [2.45, 2.75) is 12.8 Å². The summed E-state index contributed by atoms with van der Waals surface area (Å²) < 4.78 is 0. The third-order valence-electron chi connectivity index (χ3n) is 1.69. The smallest absolute Gasteiger partial charge is 0.331 e. The van der Waals surface area contributed by atoms with Crippen LogP contribution < -0.4 is 0 Å². The van der Waals surface area contributed by atoms with E-state index in [0.29, 0.717) is 0 Å². The lowest BCUT2D eigenvalue weighted by atomic mass is 10.00. The molecule has 0 aromatic rings. The van der Waals surface area contributed by atoms with Crippen LogP contribution in [-0.4, -0.2) is 22.2 Å². The highest BCUT2D eigenvalue weighted by atomic mass is 16.4. The van der Waals surface area contributed by atoms with Gasteiger partial charge in [-0.3, -0.25) is 0 Å². The third-order valence-corrected chi connectivity index (χ3v) is 1.69. The quantitative estimate of drug-likeness (QED) is 0.639. The van der Waals surface area contributed by atoms with E-state index in [-0.39, 0.29) is 24.0 Å². The van der Waals surface area contributed by atoms with Crippen LogP contribution in [0.2, 0.25) is 0 Å². The molecule has 0 saturated carbocycles. The van der Waals surface area contributed by atoms with Crippen LogP contribution in [0.4, 0.5) is 0 Å². The first-order valence-electron chi connectivity index (χ1n) is 3.46. The van der Waals surface area contributed by atoms with Crippen LogP contribution in [0, 0.1) is 0 Å². The van der Waals surface area contributed by atoms with Crippen molar-refractivity contribution in [2.24, 2.45) is 0 Å². The van der Waals surface area contributed by atoms with E-state index in [9.17, 15) is 9.59 Å². The molecule has 0 atom stereocenters. The largest absolute Gasteiger partial charge is 0.478 e. The minimum absolute atomic E-state index is 0.205. The van der Waals surface area contributed by atoms with Crippen LogP contribution in [0.25, 0.3) is 0 Å². The van der Waals surface area contributed by atoms with Crippen molar-refractivity contribution in [3.8, 4) is 0 Å². The molecule has 0 heterocycles. The van der Waals surface area contributed by atoms with E-state index in [4.69, 9.17) is 10.2 Å². The Bertz CT molecular complexity index is 255.